The summed E-state index contributed by atoms with van der Waals surface area (Å²) >= 11 is 0. The Morgan fingerprint density at radius 1 is 1.10 bits per heavy atom. The monoisotopic (exact) mass is 414 g/mol. The number of rotatable bonds is 5. The minimum Gasteiger partial charge on any atom is -0.303 e. The topological polar surface area (TPSA) is 57.6 Å². The summed E-state index contributed by atoms with van der Waals surface area (Å²) in [5, 5.41) is 5.28. The molecule has 1 aromatic heterocycles. The first-order valence-corrected chi connectivity index (χ1v) is 11.1. The zero-order valence-corrected chi connectivity index (χ0v) is 18.6. The molecule has 1 aliphatic heterocycles. The number of piperidine rings is 1. The minimum absolute atomic E-state index is 0.191. The molecular formula is C26H30N4O. The van der Waals surface area contributed by atoms with Crippen molar-refractivity contribution in [1.29, 1.82) is 0 Å². The Kier molecular flexibility index (Phi) is 6.42. The third-order valence-electron chi connectivity index (χ3n) is 6.03. The van der Waals surface area contributed by atoms with Crippen LogP contribution in [0, 0.1) is 0 Å². The number of para-hydroxylation sites is 1. The summed E-state index contributed by atoms with van der Waals surface area (Å²) in [5.74, 6) is 0.285. The van der Waals surface area contributed by atoms with E-state index in [9.17, 15) is 4.79 Å². The zero-order chi connectivity index (χ0) is 21.8. The predicted molar refractivity (Wildman–Crippen MR) is 128 cm³/mol. The summed E-state index contributed by atoms with van der Waals surface area (Å²) in [4.78, 5) is 20.3. The Morgan fingerprint density at radius 2 is 1.81 bits per heavy atom. The van der Waals surface area contributed by atoms with Crippen molar-refractivity contribution >= 4 is 22.5 Å². The number of hydrazone groups is 1. The molecule has 5 nitrogen and oxygen atoms in total. The van der Waals surface area contributed by atoms with E-state index in [-0.39, 0.29) is 5.91 Å². The molecular weight excluding hydrogens is 384 g/mol. The third kappa shape index (κ3) is 4.83. The van der Waals surface area contributed by atoms with Crippen LogP contribution >= 0.6 is 0 Å². The molecule has 0 saturated carbocycles. The molecule has 31 heavy (non-hydrogen) atoms. The lowest BCUT2D eigenvalue weighted by atomic mass is 9.99. The van der Waals surface area contributed by atoms with Crippen molar-refractivity contribution in [3.8, 4) is 11.3 Å². The van der Waals surface area contributed by atoms with Gasteiger partial charge in [-0.25, -0.2) is 10.4 Å². The number of aromatic nitrogens is 1. The van der Waals surface area contributed by atoms with E-state index in [1.54, 1.807) is 0 Å². The number of nitrogens with one attached hydrogen (secondary N) is 1. The maximum Gasteiger partial charge on any atom is 0.272 e. The van der Waals surface area contributed by atoms with Crippen molar-refractivity contribution in [1.82, 2.24) is 15.3 Å². The second kappa shape index (κ2) is 9.40. The molecule has 0 radical (unpaired) electrons. The molecule has 1 amide bonds. The number of carbonyl (C=O) groups excluding carboxylic acids is 1. The van der Waals surface area contributed by atoms with Gasteiger partial charge >= 0.3 is 0 Å². The summed E-state index contributed by atoms with van der Waals surface area (Å²) in [6.07, 6.45) is 1.80. The van der Waals surface area contributed by atoms with Gasteiger partial charge in [-0.2, -0.15) is 5.10 Å². The summed E-state index contributed by atoms with van der Waals surface area (Å²) in [6, 6.07) is 18.1. The lowest BCUT2D eigenvalue weighted by Crippen LogP contribution is -2.34. The van der Waals surface area contributed by atoms with Crippen LogP contribution in [0.25, 0.3) is 22.2 Å². The number of amides is 1. The molecule has 0 atom stereocenters. The fraction of sp³-hybridized carbons (Fsp3) is 0.346. The molecule has 0 aliphatic carbocycles. The Hall–Kier alpha value is -3.05. The zero-order valence-electron chi connectivity index (χ0n) is 18.6. The van der Waals surface area contributed by atoms with Crippen molar-refractivity contribution in [3.05, 3.63) is 65.7 Å². The van der Waals surface area contributed by atoms with E-state index in [1.165, 1.54) is 5.56 Å². The van der Waals surface area contributed by atoms with Gasteiger partial charge in [0, 0.05) is 42.6 Å². The van der Waals surface area contributed by atoms with Crippen LogP contribution < -0.4 is 5.43 Å². The quantitative estimate of drug-likeness (QED) is 0.582. The number of nitrogens with zero attached hydrogens (tertiary/aromatic N) is 3. The summed E-state index contributed by atoms with van der Waals surface area (Å²) in [6.45, 7) is 9.59. The van der Waals surface area contributed by atoms with Gasteiger partial charge in [0.05, 0.1) is 16.8 Å². The highest BCUT2D eigenvalue weighted by Crippen LogP contribution is 2.26. The van der Waals surface area contributed by atoms with Crippen LogP contribution in [0.15, 0.2) is 59.7 Å². The number of hydrogen-bond donors (Lipinski definition) is 1. The number of pyridine rings is 1. The van der Waals surface area contributed by atoms with Crippen LogP contribution in [0.2, 0.25) is 0 Å². The highest BCUT2D eigenvalue weighted by molar-refractivity contribution is 6.07. The Bertz CT molecular complexity index is 1090. The van der Waals surface area contributed by atoms with Gasteiger partial charge in [0.25, 0.3) is 5.91 Å². The highest BCUT2D eigenvalue weighted by atomic mass is 16.2. The molecule has 1 N–H and O–H groups in total. The van der Waals surface area contributed by atoms with Gasteiger partial charge < -0.3 is 4.90 Å². The molecule has 2 aromatic carbocycles. The van der Waals surface area contributed by atoms with E-state index in [4.69, 9.17) is 4.98 Å². The third-order valence-corrected chi connectivity index (χ3v) is 6.03. The largest absolute Gasteiger partial charge is 0.303 e. The van der Waals surface area contributed by atoms with E-state index >= 15 is 0 Å². The number of carbonyl (C=O) groups is 1. The minimum atomic E-state index is -0.191. The van der Waals surface area contributed by atoms with E-state index < -0.39 is 0 Å². The summed E-state index contributed by atoms with van der Waals surface area (Å²) < 4.78 is 0. The van der Waals surface area contributed by atoms with E-state index in [2.05, 4.69) is 60.5 Å². The number of likely N-dealkylation sites (tertiary alicyclic amines) is 1. The summed E-state index contributed by atoms with van der Waals surface area (Å²) in [5.41, 5.74) is 8.35. The van der Waals surface area contributed by atoms with Crippen molar-refractivity contribution in [2.75, 3.05) is 19.6 Å². The maximum absolute atomic E-state index is 13.1. The Morgan fingerprint density at radius 3 is 2.48 bits per heavy atom. The molecule has 4 rings (SSSR count). The van der Waals surface area contributed by atoms with Gasteiger partial charge in [-0.3, -0.25) is 4.79 Å². The van der Waals surface area contributed by atoms with Crippen molar-refractivity contribution < 1.29 is 4.79 Å². The van der Waals surface area contributed by atoms with Crippen LogP contribution in [0.5, 0.6) is 0 Å². The van der Waals surface area contributed by atoms with Gasteiger partial charge in [0.1, 0.15) is 0 Å². The molecule has 2 heterocycles. The number of fused-ring (bicyclic) bond motifs is 1. The average Bonchev–Trinajstić information content (AvgIpc) is 2.82. The maximum atomic E-state index is 13.1. The van der Waals surface area contributed by atoms with Gasteiger partial charge in [-0.15, -0.1) is 0 Å². The second-order valence-corrected chi connectivity index (χ2v) is 8.40. The molecule has 3 aromatic rings. The molecule has 1 aliphatic rings. The van der Waals surface area contributed by atoms with Crippen LogP contribution in [0.1, 0.15) is 55.5 Å². The second-order valence-electron chi connectivity index (χ2n) is 8.40. The van der Waals surface area contributed by atoms with Gasteiger partial charge in [0.15, 0.2) is 0 Å². The SMILES string of the molecule is CCN1CCC(=NNC(=O)c2cc(-c3ccc(C(C)C)cc3)nc3ccccc23)CC1. The first kappa shape index (κ1) is 21.2. The van der Waals surface area contributed by atoms with Crippen molar-refractivity contribution in [2.24, 2.45) is 5.10 Å². The first-order valence-electron chi connectivity index (χ1n) is 11.1. The molecule has 0 bridgehead atoms. The van der Waals surface area contributed by atoms with Gasteiger partial charge in [-0.05, 0) is 30.2 Å². The molecule has 0 unspecified atom stereocenters. The van der Waals surface area contributed by atoms with E-state index in [0.717, 1.165) is 60.3 Å². The molecule has 1 fully saturated rings. The summed E-state index contributed by atoms with van der Waals surface area (Å²) in [7, 11) is 0. The normalized spacial score (nSPS) is 14.8. The highest BCUT2D eigenvalue weighted by Gasteiger charge is 2.16. The lowest BCUT2D eigenvalue weighted by Gasteiger charge is -2.25. The van der Waals surface area contributed by atoms with E-state index in [0.29, 0.717) is 11.5 Å². The van der Waals surface area contributed by atoms with Crippen LogP contribution in [-0.2, 0) is 0 Å². The molecule has 1 saturated heterocycles. The molecule has 160 valence electrons. The number of benzene rings is 2. The first-order chi connectivity index (χ1) is 15.0. The Balaban J connectivity index is 1.63. The Labute approximate surface area is 184 Å². The predicted octanol–water partition coefficient (Wildman–Crippen LogP) is 5.23. The molecule has 0 spiro atoms. The lowest BCUT2D eigenvalue weighted by molar-refractivity contribution is 0.0956. The van der Waals surface area contributed by atoms with E-state index in [1.807, 2.05) is 30.3 Å². The van der Waals surface area contributed by atoms with Crippen LogP contribution in [0.3, 0.4) is 0 Å². The van der Waals surface area contributed by atoms with Gasteiger partial charge in [0.2, 0.25) is 0 Å². The van der Waals surface area contributed by atoms with Gasteiger partial charge in [-0.1, -0.05) is 63.2 Å². The standard InChI is InChI=1S/C26H30N4O/c1-4-30-15-13-21(14-16-30)28-29-26(31)23-17-25(27-24-8-6-5-7-22(23)24)20-11-9-19(10-12-20)18(2)3/h5-12,17-18H,4,13-16H2,1-3H3,(H,29,31). The van der Waals surface area contributed by atoms with Crippen molar-refractivity contribution in [2.45, 2.75) is 39.5 Å². The fourth-order valence-electron chi connectivity index (χ4n) is 3.98. The fourth-order valence-corrected chi connectivity index (χ4v) is 3.98. The van der Waals surface area contributed by atoms with Crippen molar-refractivity contribution in [3.63, 3.8) is 0 Å². The molecule has 5 heteroatoms. The smallest absolute Gasteiger partial charge is 0.272 e. The number of hydrogen-bond acceptors (Lipinski definition) is 4. The van der Waals surface area contributed by atoms with Crippen LogP contribution in [-0.4, -0.2) is 41.1 Å². The average molecular weight is 415 g/mol. The van der Waals surface area contributed by atoms with Crippen LogP contribution in [0.4, 0.5) is 0 Å².